The Balaban J connectivity index is 4.09. The number of carbonyl (C=O) groups is 2. The van der Waals surface area contributed by atoms with Crippen LogP contribution in [-0.4, -0.2) is 70.0 Å². The molecule has 0 aliphatic carbocycles. The summed E-state index contributed by atoms with van der Waals surface area (Å²) >= 11 is 0. The number of ether oxygens (including phenoxy) is 2. The number of rotatable bonds is 56. The minimum Gasteiger partial charge on any atom is -0.756 e. The summed E-state index contributed by atoms with van der Waals surface area (Å²) in [5.41, 5.74) is 0. The van der Waals surface area contributed by atoms with Crippen molar-refractivity contribution in [2.24, 2.45) is 0 Å². The van der Waals surface area contributed by atoms with Crippen LogP contribution in [0.2, 0.25) is 0 Å². The lowest BCUT2D eigenvalue weighted by Gasteiger charge is -2.28. The molecule has 0 aliphatic rings. The monoisotopic (exact) mass is 986 g/mol. The van der Waals surface area contributed by atoms with Crippen molar-refractivity contribution < 1.29 is 42.1 Å². The van der Waals surface area contributed by atoms with E-state index >= 15 is 0 Å². The van der Waals surface area contributed by atoms with Gasteiger partial charge in [0.1, 0.15) is 19.8 Å². The van der Waals surface area contributed by atoms with Crippen LogP contribution in [0, 0.1) is 0 Å². The quantitative estimate of drug-likeness (QED) is 0.0256. The SMILES string of the molecule is CCCCCCCCCCCCCCCCCCCCCCCCCC(=O)OC(COC(=O)CCCCCCCCCCCCCCCCCCCCCCC)COP(=O)([O-])OCC[N+](C)(C)C. The van der Waals surface area contributed by atoms with E-state index in [-0.39, 0.29) is 32.0 Å². The van der Waals surface area contributed by atoms with Crippen LogP contribution in [0.15, 0.2) is 0 Å². The standard InChI is InChI=1S/C58H116NO8P/c1-6-8-10-12-14-16-18-20-22-24-26-28-29-31-33-35-37-39-41-43-45-47-49-51-58(61)67-56(55-66-68(62,63)65-53-52-59(3,4)5)54-64-57(60)50-48-46-44-42-40-38-36-34-32-30-27-25-23-21-19-17-15-13-11-9-7-2/h56H,6-55H2,1-5H3. The molecule has 0 aliphatic heterocycles. The highest BCUT2D eigenvalue weighted by molar-refractivity contribution is 7.45. The Hall–Kier alpha value is -0.990. The second-order valence-electron chi connectivity index (χ2n) is 21.7. The maximum Gasteiger partial charge on any atom is 0.306 e. The minimum absolute atomic E-state index is 0.0250. The van der Waals surface area contributed by atoms with Crippen molar-refractivity contribution >= 4 is 19.8 Å². The summed E-state index contributed by atoms with van der Waals surface area (Å²) < 4.78 is 34.2. The first-order valence-electron chi connectivity index (χ1n) is 29.7. The van der Waals surface area contributed by atoms with Crippen molar-refractivity contribution in [3.05, 3.63) is 0 Å². The predicted molar refractivity (Wildman–Crippen MR) is 287 cm³/mol. The third kappa shape index (κ3) is 54.3. The van der Waals surface area contributed by atoms with Gasteiger partial charge in [0, 0.05) is 12.8 Å². The Kier molecular flexibility index (Phi) is 50.2. The zero-order valence-electron chi connectivity index (χ0n) is 46.1. The molecule has 68 heavy (non-hydrogen) atoms. The molecule has 0 radical (unpaired) electrons. The first-order valence-corrected chi connectivity index (χ1v) is 31.2. The smallest absolute Gasteiger partial charge is 0.306 e. The van der Waals surface area contributed by atoms with Gasteiger partial charge in [-0.15, -0.1) is 0 Å². The maximum atomic E-state index is 12.8. The molecular formula is C58H116NO8P. The Bertz CT molecular complexity index is 1120. The van der Waals surface area contributed by atoms with Gasteiger partial charge in [-0.3, -0.25) is 14.2 Å². The fourth-order valence-corrected chi connectivity index (χ4v) is 9.74. The second-order valence-corrected chi connectivity index (χ2v) is 23.1. The van der Waals surface area contributed by atoms with Gasteiger partial charge in [-0.2, -0.15) is 0 Å². The normalized spacial score (nSPS) is 13.2. The Morgan fingerprint density at radius 2 is 0.662 bits per heavy atom. The number of hydrogen-bond donors (Lipinski definition) is 0. The molecule has 2 atom stereocenters. The predicted octanol–water partition coefficient (Wildman–Crippen LogP) is 17.6. The molecule has 0 heterocycles. The van der Waals surface area contributed by atoms with Crippen molar-refractivity contribution in [1.82, 2.24) is 0 Å². The number of quaternary nitrogens is 1. The summed E-state index contributed by atoms with van der Waals surface area (Å²) in [6.45, 7) is 4.32. The largest absolute Gasteiger partial charge is 0.756 e. The summed E-state index contributed by atoms with van der Waals surface area (Å²) in [4.78, 5) is 37.9. The number of carbonyl (C=O) groups excluding carboxylic acids is 2. The van der Waals surface area contributed by atoms with Gasteiger partial charge in [0.25, 0.3) is 7.82 Å². The van der Waals surface area contributed by atoms with E-state index in [0.29, 0.717) is 17.4 Å². The molecule has 2 unspecified atom stereocenters. The van der Waals surface area contributed by atoms with Crippen molar-refractivity contribution in [1.29, 1.82) is 0 Å². The Morgan fingerprint density at radius 1 is 0.397 bits per heavy atom. The van der Waals surface area contributed by atoms with E-state index in [4.69, 9.17) is 18.5 Å². The summed E-state index contributed by atoms with van der Waals surface area (Å²) in [5.74, 6) is -0.808. The summed E-state index contributed by atoms with van der Waals surface area (Å²) in [6.07, 6.45) is 57.2. The number of phosphoric ester groups is 1. The van der Waals surface area contributed by atoms with Crippen LogP contribution < -0.4 is 4.89 Å². The molecule has 0 fully saturated rings. The summed E-state index contributed by atoms with van der Waals surface area (Å²) in [7, 11) is 1.19. The highest BCUT2D eigenvalue weighted by atomic mass is 31.2. The lowest BCUT2D eigenvalue weighted by molar-refractivity contribution is -0.870. The number of nitrogens with zero attached hydrogens (tertiary/aromatic N) is 1. The van der Waals surface area contributed by atoms with E-state index in [1.807, 2.05) is 21.1 Å². The van der Waals surface area contributed by atoms with Gasteiger partial charge in [-0.25, -0.2) is 0 Å². The average molecular weight is 987 g/mol. The summed E-state index contributed by atoms with van der Waals surface area (Å²) in [5, 5.41) is 0. The molecule has 0 saturated carbocycles. The fourth-order valence-electron chi connectivity index (χ4n) is 9.01. The maximum absolute atomic E-state index is 12.8. The minimum atomic E-state index is -4.63. The number of esters is 2. The third-order valence-corrected chi connectivity index (χ3v) is 14.6. The molecule has 9 nitrogen and oxygen atoms in total. The van der Waals surface area contributed by atoms with Crippen molar-refractivity contribution in [2.75, 3.05) is 47.5 Å². The van der Waals surface area contributed by atoms with E-state index in [9.17, 15) is 19.0 Å². The Morgan fingerprint density at radius 3 is 0.941 bits per heavy atom. The van der Waals surface area contributed by atoms with E-state index in [1.54, 1.807) is 0 Å². The molecule has 0 aromatic heterocycles. The first kappa shape index (κ1) is 67.0. The van der Waals surface area contributed by atoms with Gasteiger partial charge < -0.3 is 27.9 Å². The lowest BCUT2D eigenvalue weighted by Crippen LogP contribution is -2.37. The first-order chi connectivity index (χ1) is 33.0. The molecule has 10 heteroatoms. The van der Waals surface area contributed by atoms with Crippen LogP contribution in [-0.2, 0) is 32.7 Å². The van der Waals surface area contributed by atoms with Gasteiger partial charge in [0.05, 0.1) is 27.7 Å². The van der Waals surface area contributed by atoms with Crippen molar-refractivity contribution in [3.8, 4) is 0 Å². The van der Waals surface area contributed by atoms with Gasteiger partial charge in [0.2, 0.25) is 0 Å². The fraction of sp³-hybridized carbons (Fsp3) is 0.966. The zero-order valence-corrected chi connectivity index (χ0v) is 47.0. The third-order valence-electron chi connectivity index (χ3n) is 13.6. The van der Waals surface area contributed by atoms with Gasteiger partial charge >= 0.3 is 11.9 Å². The van der Waals surface area contributed by atoms with Crippen LogP contribution in [0.1, 0.15) is 309 Å². The van der Waals surface area contributed by atoms with Gasteiger partial charge in [-0.1, -0.05) is 284 Å². The summed E-state index contributed by atoms with van der Waals surface area (Å²) in [6, 6.07) is 0. The van der Waals surface area contributed by atoms with Crippen molar-refractivity contribution in [3.63, 3.8) is 0 Å². The highest BCUT2D eigenvalue weighted by Crippen LogP contribution is 2.38. The molecule has 0 amide bonds. The molecular weight excluding hydrogens is 870 g/mol. The number of phosphoric acid groups is 1. The van der Waals surface area contributed by atoms with Crippen LogP contribution in [0.4, 0.5) is 0 Å². The van der Waals surface area contributed by atoms with Crippen LogP contribution in [0.3, 0.4) is 0 Å². The molecule has 0 spiro atoms. The zero-order chi connectivity index (χ0) is 49.9. The van der Waals surface area contributed by atoms with E-state index in [2.05, 4.69) is 13.8 Å². The highest BCUT2D eigenvalue weighted by Gasteiger charge is 2.22. The van der Waals surface area contributed by atoms with Crippen LogP contribution in [0.5, 0.6) is 0 Å². The Labute approximate surface area is 423 Å². The van der Waals surface area contributed by atoms with E-state index < -0.39 is 26.5 Å². The van der Waals surface area contributed by atoms with Gasteiger partial charge in [-0.05, 0) is 12.8 Å². The topological polar surface area (TPSA) is 111 Å². The molecule has 406 valence electrons. The molecule has 0 saturated heterocycles. The molecule has 0 bridgehead atoms. The van der Waals surface area contributed by atoms with E-state index in [1.165, 1.54) is 244 Å². The van der Waals surface area contributed by atoms with E-state index in [0.717, 1.165) is 32.1 Å². The second kappa shape index (κ2) is 50.9. The van der Waals surface area contributed by atoms with Crippen LogP contribution >= 0.6 is 7.82 Å². The molecule has 0 aromatic carbocycles. The molecule has 0 rings (SSSR count). The molecule has 0 aromatic rings. The number of unbranched alkanes of at least 4 members (excludes halogenated alkanes) is 42. The number of likely N-dealkylation sites (N-methyl/N-ethyl adjacent to an activating group) is 1. The van der Waals surface area contributed by atoms with Gasteiger partial charge in [0.15, 0.2) is 6.10 Å². The lowest BCUT2D eigenvalue weighted by atomic mass is 10.0. The molecule has 0 N–H and O–H groups in total. The average Bonchev–Trinajstić information content (AvgIpc) is 3.30. The number of hydrogen-bond acceptors (Lipinski definition) is 8. The van der Waals surface area contributed by atoms with Crippen molar-refractivity contribution in [2.45, 2.75) is 315 Å². The van der Waals surface area contributed by atoms with Crippen LogP contribution in [0.25, 0.3) is 0 Å².